The number of hydrogen-bond donors (Lipinski definition) is 2. The fourth-order valence-electron chi connectivity index (χ4n) is 3.02. The molecule has 0 spiro atoms. The van der Waals surface area contributed by atoms with Crippen LogP contribution in [0.25, 0.3) is 11.1 Å². The number of rotatable bonds is 7. The molecule has 0 aliphatic rings. The normalized spacial score (nSPS) is 11.2. The quantitative estimate of drug-likeness (QED) is 0.309. The molecule has 4 aromatic rings. The van der Waals surface area contributed by atoms with E-state index in [0.29, 0.717) is 34.2 Å². The Morgan fingerprint density at radius 2 is 1.00 bits per heavy atom. The summed E-state index contributed by atoms with van der Waals surface area (Å²) in [5, 5.41) is 36.1. The molecule has 0 aliphatic carbocycles. The predicted molar refractivity (Wildman–Crippen MR) is 125 cm³/mol. The average Bonchev–Trinajstić information content (AvgIpc) is 2.87. The summed E-state index contributed by atoms with van der Waals surface area (Å²) in [5.41, 5.74) is 3.31. The summed E-state index contributed by atoms with van der Waals surface area (Å²) >= 11 is 0. The van der Waals surface area contributed by atoms with Gasteiger partial charge < -0.3 is 19.7 Å². The van der Waals surface area contributed by atoms with Crippen LogP contribution in [-0.4, -0.2) is 34.4 Å². The maximum absolute atomic E-state index is 9.81. The molecule has 2 aromatic carbocycles. The molecule has 0 fully saturated rings. The highest BCUT2D eigenvalue weighted by Gasteiger charge is 2.10. The summed E-state index contributed by atoms with van der Waals surface area (Å²) in [4.78, 5) is 7.63. The second kappa shape index (κ2) is 10.2. The summed E-state index contributed by atoms with van der Waals surface area (Å²) in [6, 6.07) is 14.0. The zero-order chi connectivity index (χ0) is 23.9. The van der Waals surface area contributed by atoms with Gasteiger partial charge in [-0.25, -0.2) is 0 Å². The SMILES string of the molecule is COc1cc(-c2ccc(N=Nc3ccncc3O)c(OC)c2)ccc1N=Nc1ccncc1O. The van der Waals surface area contributed by atoms with E-state index in [2.05, 4.69) is 30.4 Å². The lowest BCUT2D eigenvalue weighted by Gasteiger charge is -2.10. The van der Waals surface area contributed by atoms with Crippen LogP contribution in [0.1, 0.15) is 0 Å². The summed E-state index contributed by atoms with van der Waals surface area (Å²) in [6.45, 7) is 0. The first-order valence-electron chi connectivity index (χ1n) is 10.0. The van der Waals surface area contributed by atoms with Crippen molar-refractivity contribution < 1.29 is 19.7 Å². The molecule has 0 bridgehead atoms. The summed E-state index contributed by atoms with van der Waals surface area (Å²) in [5.74, 6) is 0.881. The van der Waals surface area contributed by atoms with E-state index >= 15 is 0 Å². The van der Waals surface area contributed by atoms with Crippen molar-refractivity contribution in [3.8, 4) is 34.1 Å². The Hall–Kier alpha value is -4.86. The second-order valence-corrected chi connectivity index (χ2v) is 6.90. The third-order valence-electron chi connectivity index (χ3n) is 4.78. The predicted octanol–water partition coefficient (Wildman–Crippen LogP) is 6.40. The van der Waals surface area contributed by atoms with Gasteiger partial charge in [0.25, 0.3) is 0 Å². The number of benzene rings is 2. The Morgan fingerprint density at radius 1 is 0.588 bits per heavy atom. The number of nitrogens with zero attached hydrogens (tertiary/aromatic N) is 6. The van der Waals surface area contributed by atoms with Crippen molar-refractivity contribution in [3.63, 3.8) is 0 Å². The Balaban J connectivity index is 1.61. The van der Waals surface area contributed by atoms with E-state index in [1.165, 1.54) is 24.8 Å². The lowest BCUT2D eigenvalue weighted by molar-refractivity contribution is 0.415. The highest BCUT2D eigenvalue weighted by Crippen LogP contribution is 2.38. The molecule has 0 saturated heterocycles. The fraction of sp³-hybridized carbons (Fsp3) is 0.0833. The Morgan fingerprint density at radius 3 is 1.38 bits per heavy atom. The first kappa shape index (κ1) is 22.3. The standard InChI is InChI=1S/C24H20N6O4/c1-33-23-11-15(3-5-19(23)29-27-17-7-9-25-13-21(17)31)16-4-6-20(24(12-16)34-2)30-28-18-8-10-26-14-22(18)32/h3-14,31-32H,1-2H3. The maximum Gasteiger partial charge on any atom is 0.161 e. The maximum atomic E-state index is 9.81. The van der Waals surface area contributed by atoms with Gasteiger partial charge in [0.15, 0.2) is 11.5 Å². The molecule has 2 aromatic heterocycles. The van der Waals surface area contributed by atoms with Crippen molar-refractivity contribution in [2.45, 2.75) is 0 Å². The van der Waals surface area contributed by atoms with Crippen LogP contribution >= 0.6 is 0 Å². The first-order valence-corrected chi connectivity index (χ1v) is 10.0. The molecular formula is C24H20N6O4. The average molecular weight is 456 g/mol. The van der Waals surface area contributed by atoms with E-state index in [4.69, 9.17) is 9.47 Å². The molecule has 0 unspecified atom stereocenters. The van der Waals surface area contributed by atoms with Gasteiger partial charge in [0, 0.05) is 12.4 Å². The molecule has 4 rings (SSSR count). The third kappa shape index (κ3) is 4.96. The van der Waals surface area contributed by atoms with E-state index in [9.17, 15) is 10.2 Å². The van der Waals surface area contributed by atoms with E-state index < -0.39 is 0 Å². The second-order valence-electron chi connectivity index (χ2n) is 6.90. The summed E-state index contributed by atoms with van der Waals surface area (Å²) in [7, 11) is 3.08. The van der Waals surface area contributed by atoms with Crippen LogP contribution in [-0.2, 0) is 0 Å². The van der Waals surface area contributed by atoms with Crippen molar-refractivity contribution in [1.82, 2.24) is 9.97 Å². The summed E-state index contributed by atoms with van der Waals surface area (Å²) < 4.78 is 11.0. The number of pyridine rings is 2. The molecule has 10 heteroatoms. The third-order valence-corrected chi connectivity index (χ3v) is 4.78. The highest BCUT2D eigenvalue weighted by molar-refractivity contribution is 5.73. The van der Waals surface area contributed by atoms with E-state index in [-0.39, 0.29) is 11.5 Å². The molecule has 0 atom stereocenters. The molecule has 0 saturated carbocycles. The zero-order valence-corrected chi connectivity index (χ0v) is 18.3. The van der Waals surface area contributed by atoms with Gasteiger partial charge in [0.05, 0.1) is 26.6 Å². The van der Waals surface area contributed by atoms with Gasteiger partial charge in [-0.1, -0.05) is 12.1 Å². The van der Waals surface area contributed by atoms with Crippen molar-refractivity contribution in [2.75, 3.05) is 14.2 Å². The van der Waals surface area contributed by atoms with Gasteiger partial charge in [-0.2, -0.15) is 0 Å². The van der Waals surface area contributed by atoms with Crippen LogP contribution < -0.4 is 9.47 Å². The van der Waals surface area contributed by atoms with Crippen LogP contribution in [0.2, 0.25) is 0 Å². The molecule has 0 radical (unpaired) electrons. The Kier molecular flexibility index (Phi) is 6.68. The lowest BCUT2D eigenvalue weighted by Crippen LogP contribution is -1.87. The zero-order valence-electron chi connectivity index (χ0n) is 18.3. The fourth-order valence-corrected chi connectivity index (χ4v) is 3.02. The Bertz CT molecular complexity index is 1270. The summed E-state index contributed by atoms with van der Waals surface area (Å²) in [6.07, 6.45) is 5.63. The number of azo groups is 2. The van der Waals surface area contributed by atoms with E-state index in [1.807, 2.05) is 24.3 Å². The smallest absolute Gasteiger partial charge is 0.161 e. The first-order chi connectivity index (χ1) is 16.6. The van der Waals surface area contributed by atoms with Crippen molar-refractivity contribution >= 4 is 22.7 Å². The minimum Gasteiger partial charge on any atom is -0.504 e. The van der Waals surface area contributed by atoms with Gasteiger partial charge in [-0.05, 0) is 47.5 Å². The van der Waals surface area contributed by atoms with Crippen LogP contribution in [0.15, 0.2) is 93.8 Å². The van der Waals surface area contributed by atoms with Crippen molar-refractivity contribution in [3.05, 3.63) is 73.3 Å². The minimum atomic E-state index is -0.0645. The van der Waals surface area contributed by atoms with Crippen LogP contribution in [0.4, 0.5) is 22.7 Å². The van der Waals surface area contributed by atoms with E-state index in [0.717, 1.165) is 11.1 Å². The Labute approximate surface area is 194 Å². The van der Waals surface area contributed by atoms with Gasteiger partial charge in [-0.15, -0.1) is 20.5 Å². The van der Waals surface area contributed by atoms with Crippen LogP contribution in [0.5, 0.6) is 23.0 Å². The van der Waals surface area contributed by atoms with Gasteiger partial charge in [0.2, 0.25) is 0 Å². The van der Waals surface area contributed by atoms with Gasteiger partial charge in [-0.3, -0.25) is 9.97 Å². The monoisotopic (exact) mass is 456 g/mol. The van der Waals surface area contributed by atoms with Gasteiger partial charge >= 0.3 is 0 Å². The largest absolute Gasteiger partial charge is 0.504 e. The molecular weight excluding hydrogens is 436 g/mol. The number of aromatic hydroxyl groups is 2. The topological polar surface area (TPSA) is 134 Å². The number of ether oxygens (including phenoxy) is 2. The molecule has 170 valence electrons. The number of aromatic nitrogens is 2. The minimum absolute atomic E-state index is 0.0645. The van der Waals surface area contributed by atoms with Crippen molar-refractivity contribution in [2.24, 2.45) is 20.5 Å². The van der Waals surface area contributed by atoms with Crippen LogP contribution in [0.3, 0.4) is 0 Å². The van der Waals surface area contributed by atoms with Crippen molar-refractivity contribution in [1.29, 1.82) is 0 Å². The molecule has 2 heterocycles. The lowest BCUT2D eigenvalue weighted by atomic mass is 10.0. The van der Waals surface area contributed by atoms with E-state index in [1.54, 1.807) is 38.5 Å². The molecule has 34 heavy (non-hydrogen) atoms. The number of methoxy groups -OCH3 is 2. The van der Waals surface area contributed by atoms with Gasteiger partial charge in [0.1, 0.15) is 34.2 Å². The van der Waals surface area contributed by atoms with Crippen LogP contribution in [0, 0.1) is 0 Å². The molecule has 10 nitrogen and oxygen atoms in total. The molecule has 2 N–H and O–H groups in total. The highest BCUT2D eigenvalue weighted by atomic mass is 16.5. The molecule has 0 aliphatic heterocycles. The molecule has 0 amide bonds. The number of hydrogen-bond acceptors (Lipinski definition) is 10.